The van der Waals surface area contributed by atoms with E-state index in [1.807, 2.05) is 38.1 Å². The van der Waals surface area contributed by atoms with Crippen molar-refractivity contribution < 1.29 is 21.6 Å². The zero-order chi connectivity index (χ0) is 27.6. The average Bonchev–Trinajstić information content (AvgIpc) is 2.78. The summed E-state index contributed by atoms with van der Waals surface area (Å²) in [5.74, 6) is -0.561. The summed E-state index contributed by atoms with van der Waals surface area (Å²) in [6, 6.07) is 18.1. The van der Waals surface area contributed by atoms with Gasteiger partial charge in [-0.1, -0.05) is 50.6 Å². The standard InChI is InChI=1S/C27H33N3O5S2/c1-19-7-16-25(20(2)17-19)29-37(34,35)24-14-10-22(11-15-24)28-26(31)18-30(36(6,32)33)23-12-8-21(9-13-23)27(3,4)5/h7-17,29H,18H2,1-6H3,(H,28,31). The van der Waals surface area contributed by atoms with Crippen LogP contribution < -0.4 is 14.3 Å². The zero-order valence-electron chi connectivity index (χ0n) is 21.9. The van der Waals surface area contributed by atoms with E-state index >= 15 is 0 Å². The van der Waals surface area contributed by atoms with E-state index in [-0.39, 0.29) is 10.3 Å². The highest BCUT2D eigenvalue weighted by molar-refractivity contribution is 7.92. The van der Waals surface area contributed by atoms with Crippen LogP contribution in [-0.4, -0.2) is 35.5 Å². The van der Waals surface area contributed by atoms with Crippen LogP contribution in [0.1, 0.15) is 37.5 Å². The van der Waals surface area contributed by atoms with Crippen LogP contribution >= 0.6 is 0 Å². The molecule has 0 aromatic heterocycles. The molecule has 0 saturated carbocycles. The maximum absolute atomic E-state index is 12.8. The van der Waals surface area contributed by atoms with E-state index in [1.165, 1.54) is 24.3 Å². The molecule has 37 heavy (non-hydrogen) atoms. The van der Waals surface area contributed by atoms with Crippen molar-refractivity contribution in [3.63, 3.8) is 0 Å². The summed E-state index contributed by atoms with van der Waals surface area (Å²) < 4.78 is 54.0. The molecule has 0 bridgehead atoms. The van der Waals surface area contributed by atoms with Gasteiger partial charge in [0.15, 0.2) is 0 Å². The molecule has 1 amide bonds. The SMILES string of the molecule is Cc1ccc(NS(=O)(=O)c2ccc(NC(=O)CN(c3ccc(C(C)(C)C)cc3)S(C)(=O)=O)cc2)c(C)c1. The molecular weight excluding hydrogens is 510 g/mol. The molecule has 0 aliphatic rings. The number of benzene rings is 3. The lowest BCUT2D eigenvalue weighted by molar-refractivity contribution is -0.114. The van der Waals surface area contributed by atoms with Crippen molar-refractivity contribution in [2.75, 3.05) is 27.1 Å². The molecule has 8 nitrogen and oxygen atoms in total. The quantitative estimate of drug-likeness (QED) is 0.424. The predicted octanol–water partition coefficient (Wildman–Crippen LogP) is 4.81. The number of anilines is 3. The molecule has 198 valence electrons. The van der Waals surface area contributed by atoms with E-state index in [4.69, 9.17) is 0 Å². The van der Waals surface area contributed by atoms with E-state index < -0.39 is 32.5 Å². The van der Waals surface area contributed by atoms with E-state index in [9.17, 15) is 21.6 Å². The summed E-state index contributed by atoms with van der Waals surface area (Å²) in [6.07, 6.45) is 1.04. The molecule has 0 heterocycles. The molecular formula is C27H33N3O5S2. The van der Waals surface area contributed by atoms with Gasteiger partial charge in [-0.05, 0) is 72.9 Å². The van der Waals surface area contributed by atoms with Crippen LogP contribution in [0.5, 0.6) is 0 Å². The summed E-state index contributed by atoms with van der Waals surface area (Å²) in [4.78, 5) is 12.7. The van der Waals surface area contributed by atoms with Crippen molar-refractivity contribution >= 4 is 43.0 Å². The number of carbonyl (C=O) groups is 1. The molecule has 0 atom stereocenters. The molecule has 0 spiro atoms. The Labute approximate surface area is 219 Å². The van der Waals surface area contributed by atoms with Crippen molar-refractivity contribution in [2.24, 2.45) is 0 Å². The number of nitrogens with zero attached hydrogens (tertiary/aromatic N) is 1. The molecule has 0 unspecified atom stereocenters. The lowest BCUT2D eigenvalue weighted by Crippen LogP contribution is -2.37. The van der Waals surface area contributed by atoms with Crippen LogP contribution in [0.2, 0.25) is 0 Å². The zero-order valence-corrected chi connectivity index (χ0v) is 23.5. The fourth-order valence-electron chi connectivity index (χ4n) is 3.71. The molecule has 3 aromatic carbocycles. The molecule has 0 fully saturated rings. The smallest absolute Gasteiger partial charge is 0.261 e. The number of nitrogens with one attached hydrogen (secondary N) is 2. The minimum atomic E-state index is -3.83. The summed E-state index contributed by atoms with van der Waals surface area (Å²) in [5, 5.41) is 2.63. The predicted molar refractivity (Wildman–Crippen MR) is 149 cm³/mol. The van der Waals surface area contributed by atoms with Crippen LogP contribution in [0, 0.1) is 13.8 Å². The molecule has 0 aliphatic heterocycles. The Kier molecular flexibility index (Phi) is 8.04. The molecule has 0 radical (unpaired) electrons. The van der Waals surface area contributed by atoms with Gasteiger partial charge in [0, 0.05) is 5.69 Å². The average molecular weight is 544 g/mol. The van der Waals surface area contributed by atoms with Gasteiger partial charge in [-0.3, -0.25) is 13.8 Å². The number of aryl methyl sites for hydroxylation is 2. The Morgan fingerprint density at radius 3 is 1.97 bits per heavy atom. The fraction of sp³-hybridized carbons (Fsp3) is 0.296. The topological polar surface area (TPSA) is 113 Å². The number of hydrogen-bond acceptors (Lipinski definition) is 5. The summed E-state index contributed by atoms with van der Waals surface area (Å²) >= 11 is 0. The normalized spacial score (nSPS) is 12.2. The van der Waals surface area contributed by atoms with Crippen molar-refractivity contribution in [2.45, 2.75) is 44.9 Å². The maximum atomic E-state index is 12.8. The Morgan fingerprint density at radius 2 is 1.46 bits per heavy atom. The van der Waals surface area contributed by atoms with Crippen LogP contribution in [0.4, 0.5) is 17.1 Å². The van der Waals surface area contributed by atoms with Gasteiger partial charge in [-0.2, -0.15) is 0 Å². The number of amides is 1. The minimum Gasteiger partial charge on any atom is -0.325 e. The van der Waals surface area contributed by atoms with Gasteiger partial charge in [-0.25, -0.2) is 16.8 Å². The Morgan fingerprint density at radius 1 is 0.865 bits per heavy atom. The molecule has 0 aliphatic carbocycles. The second-order valence-electron chi connectivity index (χ2n) is 10.1. The Bertz CT molecular complexity index is 1490. The highest BCUT2D eigenvalue weighted by Crippen LogP contribution is 2.26. The van der Waals surface area contributed by atoms with E-state index in [0.29, 0.717) is 17.1 Å². The fourth-order valence-corrected chi connectivity index (χ4v) is 5.70. The van der Waals surface area contributed by atoms with Gasteiger partial charge in [0.1, 0.15) is 6.54 Å². The summed E-state index contributed by atoms with van der Waals surface area (Å²) in [7, 11) is -7.56. The number of sulfonamides is 2. The third kappa shape index (κ3) is 7.33. The van der Waals surface area contributed by atoms with Crippen LogP contribution in [-0.2, 0) is 30.3 Å². The van der Waals surface area contributed by atoms with Gasteiger partial charge >= 0.3 is 0 Å². The van der Waals surface area contributed by atoms with E-state index in [1.54, 1.807) is 18.2 Å². The highest BCUT2D eigenvalue weighted by atomic mass is 32.2. The monoisotopic (exact) mass is 543 g/mol. The summed E-state index contributed by atoms with van der Waals surface area (Å²) in [6.45, 7) is 9.49. The van der Waals surface area contributed by atoms with Gasteiger partial charge in [0.25, 0.3) is 10.0 Å². The van der Waals surface area contributed by atoms with Gasteiger partial charge in [-0.15, -0.1) is 0 Å². The van der Waals surface area contributed by atoms with E-state index in [2.05, 4.69) is 30.8 Å². The van der Waals surface area contributed by atoms with Crippen LogP contribution in [0.3, 0.4) is 0 Å². The first-order valence-electron chi connectivity index (χ1n) is 11.6. The van der Waals surface area contributed by atoms with Crippen molar-refractivity contribution in [3.8, 4) is 0 Å². The highest BCUT2D eigenvalue weighted by Gasteiger charge is 2.22. The van der Waals surface area contributed by atoms with Crippen LogP contribution in [0.15, 0.2) is 71.6 Å². The lowest BCUT2D eigenvalue weighted by atomic mass is 9.87. The largest absolute Gasteiger partial charge is 0.325 e. The van der Waals surface area contributed by atoms with Gasteiger partial charge < -0.3 is 5.32 Å². The molecule has 10 heteroatoms. The number of carbonyl (C=O) groups excluding carboxylic acids is 1. The maximum Gasteiger partial charge on any atom is 0.261 e. The molecule has 3 aromatic rings. The second-order valence-corrected chi connectivity index (χ2v) is 13.7. The first-order chi connectivity index (χ1) is 17.1. The molecule has 0 saturated heterocycles. The van der Waals surface area contributed by atoms with Gasteiger partial charge in [0.2, 0.25) is 15.9 Å². The first kappa shape index (κ1) is 28.2. The third-order valence-electron chi connectivity index (χ3n) is 5.78. The Hall–Kier alpha value is -3.37. The van der Waals surface area contributed by atoms with Crippen molar-refractivity contribution in [3.05, 3.63) is 83.4 Å². The Balaban J connectivity index is 1.72. The number of rotatable bonds is 8. The van der Waals surface area contributed by atoms with Crippen LogP contribution in [0.25, 0.3) is 0 Å². The third-order valence-corrected chi connectivity index (χ3v) is 8.31. The van der Waals surface area contributed by atoms with E-state index in [0.717, 1.165) is 27.3 Å². The van der Waals surface area contributed by atoms with Crippen molar-refractivity contribution in [1.29, 1.82) is 0 Å². The van der Waals surface area contributed by atoms with Gasteiger partial charge in [0.05, 0.1) is 22.5 Å². The lowest BCUT2D eigenvalue weighted by Gasteiger charge is -2.24. The molecule has 3 rings (SSSR count). The number of hydrogen-bond donors (Lipinski definition) is 2. The minimum absolute atomic E-state index is 0.0298. The molecule has 2 N–H and O–H groups in total. The first-order valence-corrected chi connectivity index (χ1v) is 15.0. The summed E-state index contributed by atoms with van der Waals surface area (Å²) in [5.41, 5.74) is 3.97. The second kappa shape index (κ2) is 10.5. The van der Waals surface area contributed by atoms with Crippen molar-refractivity contribution in [1.82, 2.24) is 0 Å².